The van der Waals surface area contributed by atoms with Crippen molar-refractivity contribution in [2.75, 3.05) is 0 Å². The van der Waals surface area contributed by atoms with E-state index in [-0.39, 0.29) is 11.5 Å². The highest BCUT2D eigenvalue weighted by molar-refractivity contribution is 5.97. The van der Waals surface area contributed by atoms with Crippen LogP contribution in [0, 0.1) is 15.9 Å². The molecule has 4 nitrogen and oxygen atoms in total. The van der Waals surface area contributed by atoms with Crippen molar-refractivity contribution in [3.63, 3.8) is 0 Å². The van der Waals surface area contributed by atoms with E-state index in [1.807, 2.05) is 30.3 Å². The lowest BCUT2D eigenvalue weighted by Gasteiger charge is -2.11. The van der Waals surface area contributed by atoms with Gasteiger partial charge in [0.25, 0.3) is 5.69 Å². The second-order valence-electron chi connectivity index (χ2n) is 5.86. The Morgan fingerprint density at radius 3 is 2.31 bits per heavy atom. The monoisotopic (exact) mass is 344 g/mol. The van der Waals surface area contributed by atoms with Crippen LogP contribution in [0.15, 0.2) is 78.9 Å². The van der Waals surface area contributed by atoms with E-state index < -0.39 is 4.92 Å². The maximum Gasteiger partial charge on any atom is 0.270 e. The molecule has 4 aromatic rings. The molecule has 26 heavy (non-hydrogen) atoms. The van der Waals surface area contributed by atoms with Gasteiger partial charge in [-0.2, -0.15) is 0 Å². The molecule has 4 rings (SSSR count). The number of fused-ring (bicyclic) bond motifs is 1. The number of benzene rings is 3. The summed E-state index contributed by atoms with van der Waals surface area (Å²) < 4.78 is 14.3. The number of hydrogen-bond donors (Lipinski definition) is 0. The SMILES string of the molecule is O=[N+]([O-])c1ccc2nc(-c3ccccc3F)cc(-c3ccccc3)c2c1. The minimum atomic E-state index is -0.432. The maximum atomic E-state index is 14.3. The van der Waals surface area contributed by atoms with Crippen LogP contribution in [0.5, 0.6) is 0 Å². The average Bonchev–Trinajstić information content (AvgIpc) is 2.67. The minimum absolute atomic E-state index is 0.00452. The summed E-state index contributed by atoms with van der Waals surface area (Å²) in [6.07, 6.45) is 0. The predicted octanol–water partition coefficient (Wildman–Crippen LogP) is 5.62. The quantitative estimate of drug-likeness (QED) is 0.358. The van der Waals surface area contributed by atoms with Crippen LogP contribution in [0.3, 0.4) is 0 Å². The minimum Gasteiger partial charge on any atom is -0.258 e. The molecule has 0 spiro atoms. The number of nitro groups is 1. The smallest absolute Gasteiger partial charge is 0.258 e. The lowest BCUT2D eigenvalue weighted by Crippen LogP contribution is -1.94. The lowest BCUT2D eigenvalue weighted by molar-refractivity contribution is -0.384. The second kappa shape index (κ2) is 6.37. The first-order chi connectivity index (χ1) is 12.6. The van der Waals surface area contributed by atoms with Crippen LogP contribution in [0.1, 0.15) is 0 Å². The Morgan fingerprint density at radius 1 is 0.846 bits per heavy atom. The zero-order chi connectivity index (χ0) is 18.1. The molecule has 3 aromatic carbocycles. The Balaban J connectivity index is 2.05. The van der Waals surface area contributed by atoms with Crippen LogP contribution >= 0.6 is 0 Å². The zero-order valence-electron chi connectivity index (χ0n) is 13.6. The van der Waals surface area contributed by atoms with Gasteiger partial charge < -0.3 is 0 Å². The largest absolute Gasteiger partial charge is 0.270 e. The molecule has 0 aliphatic heterocycles. The van der Waals surface area contributed by atoms with Crippen molar-refractivity contribution in [2.24, 2.45) is 0 Å². The highest BCUT2D eigenvalue weighted by atomic mass is 19.1. The van der Waals surface area contributed by atoms with Gasteiger partial charge in [-0.05, 0) is 35.4 Å². The molecular weight excluding hydrogens is 331 g/mol. The molecule has 126 valence electrons. The van der Waals surface area contributed by atoms with Gasteiger partial charge in [-0.15, -0.1) is 0 Å². The van der Waals surface area contributed by atoms with E-state index in [0.717, 1.165) is 11.1 Å². The summed E-state index contributed by atoms with van der Waals surface area (Å²) in [6, 6.07) is 22.2. The van der Waals surface area contributed by atoms with Gasteiger partial charge in [-0.3, -0.25) is 10.1 Å². The Morgan fingerprint density at radius 2 is 1.58 bits per heavy atom. The molecule has 1 aromatic heterocycles. The molecule has 0 atom stereocenters. The molecule has 1 heterocycles. The Kier molecular flexibility index (Phi) is 3.89. The van der Waals surface area contributed by atoms with Crippen molar-refractivity contribution in [1.29, 1.82) is 0 Å². The third-order valence-corrected chi connectivity index (χ3v) is 4.24. The fourth-order valence-corrected chi connectivity index (χ4v) is 2.99. The first-order valence-corrected chi connectivity index (χ1v) is 8.03. The molecule has 0 unspecified atom stereocenters. The molecule has 0 aliphatic carbocycles. The summed E-state index contributed by atoms with van der Waals surface area (Å²) in [5, 5.41) is 11.8. The summed E-state index contributed by atoms with van der Waals surface area (Å²) in [7, 11) is 0. The fraction of sp³-hybridized carbons (Fsp3) is 0. The molecular formula is C21H13FN2O2. The van der Waals surface area contributed by atoms with E-state index in [2.05, 4.69) is 4.98 Å². The van der Waals surface area contributed by atoms with Gasteiger partial charge >= 0.3 is 0 Å². The highest BCUT2D eigenvalue weighted by Gasteiger charge is 2.15. The van der Waals surface area contributed by atoms with Gasteiger partial charge in [-0.25, -0.2) is 9.37 Å². The zero-order valence-corrected chi connectivity index (χ0v) is 13.6. The number of pyridine rings is 1. The molecule has 0 aliphatic rings. The van der Waals surface area contributed by atoms with Crippen molar-refractivity contribution in [2.45, 2.75) is 0 Å². The number of rotatable bonds is 3. The first-order valence-electron chi connectivity index (χ1n) is 8.03. The normalized spacial score (nSPS) is 10.8. The lowest BCUT2D eigenvalue weighted by atomic mass is 9.98. The number of nitrogens with zero attached hydrogens (tertiary/aromatic N) is 2. The van der Waals surface area contributed by atoms with E-state index in [9.17, 15) is 14.5 Å². The van der Waals surface area contributed by atoms with E-state index in [1.165, 1.54) is 18.2 Å². The summed E-state index contributed by atoms with van der Waals surface area (Å²) in [4.78, 5) is 15.3. The van der Waals surface area contributed by atoms with Crippen molar-refractivity contribution in [3.05, 3.63) is 94.8 Å². The molecule has 0 radical (unpaired) electrons. The van der Waals surface area contributed by atoms with E-state index in [4.69, 9.17) is 0 Å². The van der Waals surface area contributed by atoms with Gasteiger partial charge in [0.2, 0.25) is 0 Å². The standard InChI is InChI=1S/C21H13FN2O2/c22-19-9-5-4-8-16(19)21-13-17(14-6-2-1-3-7-14)18-12-15(24(25)26)10-11-20(18)23-21/h1-13H. The third-order valence-electron chi connectivity index (χ3n) is 4.24. The van der Waals surface area contributed by atoms with Crippen molar-refractivity contribution < 1.29 is 9.31 Å². The maximum absolute atomic E-state index is 14.3. The number of halogens is 1. The van der Waals surface area contributed by atoms with Crippen molar-refractivity contribution in [1.82, 2.24) is 4.98 Å². The van der Waals surface area contributed by atoms with Gasteiger partial charge in [0, 0.05) is 23.1 Å². The summed E-state index contributed by atoms with van der Waals surface area (Å²) in [5.41, 5.74) is 3.12. The Labute approximate surface area is 148 Å². The van der Waals surface area contributed by atoms with Gasteiger partial charge in [0.15, 0.2) is 0 Å². The third kappa shape index (κ3) is 2.80. The van der Waals surface area contributed by atoms with Gasteiger partial charge in [0.1, 0.15) is 5.82 Å². The number of aromatic nitrogens is 1. The molecule has 0 fully saturated rings. The first kappa shape index (κ1) is 15.9. The molecule has 0 N–H and O–H groups in total. The number of nitro benzene ring substituents is 1. The Bertz CT molecular complexity index is 1130. The van der Waals surface area contributed by atoms with E-state index >= 15 is 0 Å². The molecule has 0 saturated heterocycles. The van der Waals surface area contributed by atoms with Crippen LogP contribution in [0.2, 0.25) is 0 Å². The summed E-state index contributed by atoms with van der Waals surface area (Å²) in [6.45, 7) is 0. The molecule has 0 saturated carbocycles. The van der Waals surface area contributed by atoms with Crippen molar-refractivity contribution in [3.8, 4) is 22.4 Å². The van der Waals surface area contributed by atoms with Crippen molar-refractivity contribution >= 4 is 16.6 Å². The second-order valence-corrected chi connectivity index (χ2v) is 5.86. The van der Waals surface area contributed by atoms with Crippen LogP contribution in [-0.4, -0.2) is 9.91 Å². The predicted molar refractivity (Wildman–Crippen MR) is 99.2 cm³/mol. The highest BCUT2D eigenvalue weighted by Crippen LogP contribution is 2.34. The molecule has 0 amide bonds. The number of non-ortho nitro benzene ring substituents is 1. The Hall–Kier alpha value is -3.60. The average molecular weight is 344 g/mol. The van der Waals surface area contributed by atoms with E-state index in [1.54, 1.807) is 30.3 Å². The van der Waals surface area contributed by atoms with Gasteiger partial charge in [-0.1, -0.05) is 42.5 Å². The van der Waals surface area contributed by atoms with Gasteiger partial charge in [0.05, 0.1) is 16.1 Å². The summed E-state index contributed by atoms with van der Waals surface area (Å²) in [5.74, 6) is -0.361. The van der Waals surface area contributed by atoms with Crippen LogP contribution in [0.4, 0.5) is 10.1 Å². The van der Waals surface area contributed by atoms with Crippen LogP contribution in [-0.2, 0) is 0 Å². The summed E-state index contributed by atoms with van der Waals surface area (Å²) >= 11 is 0. The number of hydrogen-bond acceptors (Lipinski definition) is 3. The van der Waals surface area contributed by atoms with Crippen LogP contribution in [0.25, 0.3) is 33.3 Å². The molecule has 5 heteroatoms. The molecule has 0 bridgehead atoms. The van der Waals surface area contributed by atoms with E-state index in [0.29, 0.717) is 22.2 Å². The topological polar surface area (TPSA) is 56.0 Å². The fourth-order valence-electron chi connectivity index (χ4n) is 2.99. The van der Waals surface area contributed by atoms with Crippen LogP contribution < -0.4 is 0 Å².